The summed E-state index contributed by atoms with van der Waals surface area (Å²) in [7, 11) is 0. The van der Waals surface area contributed by atoms with Gasteiger partial charge in [-0.25, -0.2) is 9.18 Å². The molecule has 2 aliphatic rings. The fourth-order valence-corrected chi connectivity index (χ4v) is 4.38. The lowest BCUT2D eigenvalue weighted by Crippen LogP contribution is -2.42. The Labute approximate surface area is 180 Å². The van der Waals surface area contributed by atoms with Gasteiger partial charge in [-0.05, 0) is 51.2 Å². The lowest BCUT2D eigenvalue weighted by atomic mass is 10.1. The van der Waals surface area contributed by atoms with Gasteiger partial charge in [0.2, 0.25) is 11.3 Å². The highest BCUT2D eigenvalue weighted by atomic mass is 19.1. The number of esters is 1. The predicted molar refractivity (Wildman–Crippen MR) is 116 cm³/mol. The Morgan fingerprint density at radius 2 is 2.00 bits per heavy atom. The highest BCUT2D eigenvalue weighted by Crippen LogP contribution is 2.38. The van der Waals surface area contributed by atoms with Gasteiger partial charge in [-0.3, -0.25) is 9.59 Å². The zero-order valence-electron chi connectivity index (χ0n) is 17.9. The number of hydrogen-bond donors (Lipinski definition) is 1. The first-order valence-electron chi connectivity index (χ1n) is 11.0. The fraction of sp³-hybridized carbons (Fsp3) is 0.522. The van der Waals surface area contributed by atoms with Crippen LogP contribution in [0.4, 0.5) is 10.1 Å². The molecule has 7 nitrogen and oxygen atoms in total. The molecule has 31 heavy (non-hydrogen) atoms. The van der Waals surface area contributed by atoms with Crippen LogP contribution in [0.3, 0.4) is 0 Å². The van der Waals surface area contributed by atoms with Crippen LogP contribution in [0.1, 0.15) is 62.4 Å². The van der Waals surface area contributed by atoms with Gasteiger partial charge in [-0.1, -0.05) is 0 Å². The second-order valence-corrected chi connectivity index (χ2v) is 8.39. The number of hydrogen-bond acceptors (Lipinski definition) is 5. The van der Waals surface area contributed by atoms with E-state index in [4.69, 9.17) is 4.74 Å². The topological polar surface area (TPSA) is 80.6 Å². The van der Waals surface area contributed by atoms with Crippen LogP contribution in [0.25, 0.3) is 10.9 Å². The lowest BCUT2D eigenvalue weighted by Gasteiger charge is -2.28. The van der Waals surface area contributed by atoms with Crippen LogP contribution in [0.15, 0.2) is 23.1 Å². The maximum absolute atomic E-state index is 15.2. The van der Waals surface area contributed by atoms with Crippen molar-refractivity contribution in [3.8, 4) is 0 Å². The molecule has 1 amide bonds. The van der Waals surface area contributed by atoms with E-state index in [0.717, 1.165) is 32.1 Å². The molecule has 8 heteroatoms. The molecule has 1 saturated carbocycles. The first kappa shape index (κ1) is 21.3. The first-order chi connectivity index (χ1) is 14.9. The fourth-order valence-electron chi connectivity index (χ4n) is 4.38. The molecule has 166 valence electrons. The largest absolute Gasteiger partial charge is 0.462 e. The monoisotopic (exact) mass is 429 g/mol. The van der Waals surface area contributed by atoms with Crippen molar-refractivity contribution in [3.63, 3.8) is 0 Å². The highest BCUT2D eigenvalue weighted by molar-refractivity contribution is 5.94. The summed E-state index contributed by atoms with van der Waals surface area (Å²) in [6, 6.07) is 3.10. The highest BCUT2D eigenvalue weighted by Gasteiger charge is 2.29. The number of rotatable bonds is 5. The van der Waals surface area contributed by atoms with Crippen molar-refractivity contribution in [1.29, 1.82) is 0 Å². The Kier molecular flexibility index (Phi) is 5.98. The van der Waals surface area contributed by atoms with Gasteiger partial charge in [-0.2, -0.15) is 0 Å². The number of nitrogens with one attached hydrogen (secondary N) is 1. The van der Waals surface area contributed by atoms with E-state index in [2.05, 4.69) is 5.32 Å². The first-order valence-corrected chi connectivity index (χ1v) is 11.0. The molecule has 4 rings (SSSR count). The van der Waals surface area contributed by atoms with E-state index in [1.54, 1.807) is 19.2 Å². The molecule has 1 unspecified atom stereocenters. The molecule has 1 aromatic carbocycles. The molecule has 0 spiro atoms. The van der Waals surface area contributed by atoms with Crippen molar-refractivity contribution in [2.75, 3.05) is 24.6 Å². The Morgan fingerprint density at radius 1 is 1.23 bits per heavy atom. The Morgan fingerprint density at radius 3 is 2.68 bits per heavy atom. The minimum absolute atomic E-state index is 0.0492. The zero-order chi connectivity index (χ0) is 22.1. The zero-order valence-corrected chi connectivity index (χ0v) is 17.9. The molecule has 0 radical (unpaired) electrons. The van der Waals surface area contributed by atoms with E-state index in [1.165, 1.54) is 13.0 Å². The smallest absolute Gasteiger partial charge is 0.343 e. The van der Waals surface area contributed by atoms with Crippen molar-refractivity contribution >= 4 is 28.5 Å². The third kappa shape index (κ3) is 4.43. The van der Waals surface area contributed by atoms with Gasteiger partial charge in [0.25, 0.3) is 0 Å². The number of nitrogens with zero attached hydrogens (tertiary/aromatic N) is 2. The minimum atomic E-state index is -0.682. The summed E-state index contributed by atoms with van der Waals surface area (Å²) in [5, 5.41) is 3.14. The van der Waals surface area contributed by atoms with E-state index >= 15 is 4.39 Å². The molecular formula is C23H28FN3O4. The summed E-state index contributed by atoms with van der Waals surface area (Å²) in [4.78, 5) is 38.7. The summed E-state index contributed by atoms with van der Waals surface area (Å²) in [5.41, 5.74) is 0.469. The van der Waals surface area contributed by atoms with E-state index in [9.17, 15) is 14.4 Å². The summed E-state index contributed by atoms with van der Waals surface area (Å²) >= 11 is 0. The summed E-state index contributed by atoms with van der Waals surface area (Å²) in [6.07, 6.45) is 6.14. The van der Waals surface area contributed by atoms with Crippen molar-refractivity contribution in [1.82, 2.24) is 9.88 Å². The second-order valence-electron chi connectivity index (χ2n) is 8.39. The van der Waals surface area contributed by atoms with Crippen molar-refractivity contribution in [2.45, 2.75) is 58.0 Å². The van der Waals surface area contributed by atoms with Crippen molar-refractivity contribution in [2.24, 2.45) is 0 Å². The number of ether oxygens (including phenoxy) is 1. The molecule has 1 atom stereocenters. The van der Waals surface area contributed by atoms with E-state index in [0.29, 0.717) is 24.3 Å². The normalized spacial score (nSPS) is 19.2. The molecule has 1 saturated heterocycles. The van der Waals surface area contributed by atoms with Gasteiger partial charge in [0, 0.05) is 43.7 Å². The number of halogens is 1. The summed E-state index contributed by atoms with van der Waals surface area (Å²) in [6.45, 7) is 4.52. The Balaban J connectivity index is 1.79. The van der Waals surface area contributed by atoms with Gasteiger partial charge < -0.3 is 19.5 Å². The molecule has 1 N–H and O–H groups in total. The minimum Gasteiger partial charge on any atom is -0.462 e. The van der Waals surface area contributed by atoms with Crippen LogP contribution in [0, 0.1) is 5.82 Å². The standard InChI is InChI=1S/C23H28FN3O4/c1-3-31-23(30)18-13-27(16-7-8-16)20-11-21(19(24)10-17(20)22(18)29)26-9-5-4-6-15(12-26)25-14(2)28/h10-11,13,15-16H,3-9,12H2,1-2H3,(H,25,28). The summed E-state index contributed by atoms with van der Waals surface area (Å²) < 4.78 is 22.2. The Hall–Kier alpha value is -2.90. The number of pyridine rings is 1. The molecule has 2 aromatic rings. The van der Waals surface area contributed by atoms with Crippen LogP contribution in [0.5, 0.6) is 0 Å². The SMILES string of the molecule is CCOC(=O)c1cn(C2CC2)c2cc(N3CCCCC(NC(C)=O)C3)c(F)cc2c1=O. The van der Waals surface area contributed by atoms with Gasteiger partial charge >= 0.3 is 5.97 Å². The number of carbonyl (C=O) groups is 2. The number of amides is 1. The van der Waals surface area contributed by atoms with Gasteiger partial charge in [0.15, 0.2) is 0 Å². The molecule has 2 heterocycles. The summed E-state index contributed by atoms with van der Waals surface area (Å²) in [5.74, 6) is -1.28. The molecule has 2 fully saturated rings. The van der Waals surface area contributed by atoms with Gasteiger partial charge in [0.05, 0.1) is 17.8 Å². The average molecular weight is 429 g/mol. The number of fused-ring (bicyclic) bond motifs is 1. The van der Waals surface area contributed by atoms with Crippen molar-refractivity contribution < 1.29 is 18.7 Å². The quantitative estimate of drug-likeness (QED) is 0.739. The number of aromatic nitrogens is 1. The third-order valence-corrected chi connectivity index (χ3v) is 5.96. The molecule has 1 aliphatic carbocycles. The lowest BCUT2D eigenvalue weighted by molar-refractivity contribution is -0.119. The van der Waals surface area contributed by atoms with E-state index in [-0.39, 0.29) is 35.5 Å². The Bertz CT molecular complexity index is 1080. The predicted octanol–water partition coefficient (Wildman–Crippen LogP) is 3.15. The van der Waals surface area contributed by atoms with Gasteiger partial charge in [-0.15, -0.1) is 0 Å². The van der Waals surface area contributed by atoms with Crippen LogP contribution < -0.4 is 15.6 Å². The average Bonchev–Trinajstić information content (AvgIpc) is 3.56. The maximum Gasteiger partial charge on any atom is 0.343 e. The van der Waals surface area contributed by atoms with Crippen LogP contribution in [-0.2, 0) is 9.53 Å². The molecular weight excluding hydrogens is 401 g/mol. The van der Waals surface area contributed by atoms with Crippen LogP contribution in [-0.4, -0.2) is 42.2 Å². The van der Waals surface area contributed by atoms with Gasteiger partial charge in [0.1, 0.15) is 11.4 Å². The molecule has 0 bridgehead atoms. The number of benzene rings is 1. The maximum atomic E-state index is 15.2. The third-order valence-electron chi connectivity index (χ3n) is 5.96. The number of carbonyl (C=O) groups excluding carboxylic acids is 2. The van der Waals surface area contributed by atoms with Crippen LogP contribution >= 0.6 is 0 Å². The van der Waals surface area contributed by atoms with Crippen molar-refractivity contribution in [3.05, 3.63) is 39.9 Å². The molecule has 1 aromatic heterocycles. The van der Waals surface area contributed by atoms with Crippen LogP contribution in [0.2, 0.25) is 0 Å². The van der Waals surface area contributed by atoms with E-state index in [1.807, 2.05) is 9.47 Å². The second kappa shape index (κ2) is 8.69. The number of anilines is 1. The molecule has 1 aliphatic heterocycles. The van der Waals surface area contributed by atoms with E-state index < -0.39 is 17.2 Å².